The lowest BCUT2D eigenvalue weighted by Gasteiger charge is -2.26. The van der Waals surface area contributed by atoms with E-state index in [-0.39, 0.29) is 24.4 Å². The van der Waals surface area contributed by atoms with Gasteiger partial charge in [0.05, 0.1) is 13.2 Å². The van der Waals surface area contributed by atoms with Crippen LogP contribution in [0.25, 0.3) is 0 Å². The molecule has 1 fully saturated rings. The van der Waals surface area contributed by atoms with Gasteiger partial charge in [-0.3, -0.25) is 4.79 Å². The molecule has 1 aliphatic rings. The second kappa shape index (κ2) is 11.3. The van der Waals surface area contributed by atoms with Gasteiger partial charge in [0, 0.05) is 26.1 Å². The minimum absolute atomic E-state index is 0. The molecular weight excluding hydrogens is 328 g/mol. The number of ether oxygens (including phenoxy) is 2. The molecule has 5 nitrogen and oxygen atoms in total. The van der Waals surface area contributed by atoms with Crippen molar-refractivity contribution in [1.82, 2.24) is 10.2 Å². The minimum atomic E-state index is 0. The van der Waals surface area contributed by atoms with E-state index in [1.165, 1.54) is 0 Å². The molecular formula is C18H29ClN2O3. The number of carbonyl (C=O) groups is 1. The number of hydrogen-bond donors (Lipinski definition) is 1. The Hall–Kier alpha value is -1.30. The Kier molecular flexibility index (Phi) is 9.76. The van der Waals surface area contributed by atoms with Crippen molar-refractivity contribution in [2.45, 2.75) is 38.3 Å². The van der Waals surface area contributed by atoms with Crippen molar-refractivity contribution < 1.29 is 14.3 Å². The summed E-state index contributed by atoms with van der Waals surface area (Å²) >= 11 is 0. The number of nitrogens with one attached hydrogen (secondary N) is 1. The van der Waals surface area contributed by atoms with Crippen molar-refractivity contribution in [1.29, 1.82) is 0 Å². The third-order valence-electron chi connectivity index (χ3n) is 4.13. The molecule has 1 atom stereocenters. The lowest BCUT2D eigenvalue weighted by Crippen LogP contribution is -2.37. The zero-order valence-electron chi connectivity index (χ0n) is 14.6. The van der Waals surface area contributed by atoms with Crippen molar-refractivity contribution in [2.75, 3.05) is 33.9 Å². The van der Waals surface area contributed by atoms with Crippen LogP contribution in [0.1, 0.15) is 31.2 Å². The normalized spacial score (nSPS) is 16.5. The molecule has 1 heterocycles. The van der Waals surface area contributed by atoms with Crippen LogP contribution in [-0.2, 0) is 16.1 Å². The molecule has 136 valence electrons. The van der Waals surface area contributed by atoms with Crippen LogP contribution in [0.15, 0.2) is 24.3 Å². The van der Waals surface area contributed by atoms with Gasteiger partial charge in [-0.2, -0.15) is 0 Å². The lowest BCUT2D eigenvalue weighted by atomic mass is 10.1. The molecule has 0 saturated carbocycles. The Balaban J connectivity index is 0.00000288. The van der Waals surface area contributed by atoms with Crippen molar-refractivity contribution in [3.8, 4) is 5.75 Å². The molecule has 1 N–H and O–H groups in total. The van der Waals surface area contributed by atoms with E-state index >= 15 is 0 Å². The average molecular weight is 357 g/mol. The van der Waals surface area contributed by atoms with Crippen LogP contribution in [-0.4, -0.2) is 50.8 Å². The zero-order valence-corrected chi connectivity index (χ0v) is 15.4. The maximum Gasteiger partial charge on any atom is 0.223 e. The number of nitrogens with zero attached hydrogens (tertiary/aromatic N) is 1. The monoisotopic (exact) mass is 356 g/mol. The Morgan fingerprint density at radius 1 is 1.46 bits per heavy atom. The molecule has 1 aliphatic heterocycles. The summed E-state index contributed by atoms with van der Waals surface area (Å²) < 4.78 is 11.0. The first-order valence-corrected chi connectivity index (χ1v) is 8.40. The van der Waals surface area contributed by atoms with E-state index in [9.17, 15) is 4.79 Å². The maximum absolute atomic E-state index is 12.6. The van der Waals surface area contributed by atoms with E-state index in [2.05, 4.69) is 5.32 Å². The van der Waals surface area contributed by atoms with Crippen LogP contribution in [0.5, 0.6) is 5.75 Å². The van der Waals surface area contributed by atoms with Crippen LogP contribution >= 0.6 is 12.4 Å². The fourth-order valence-electron chi connectivity index (χ4n) is 2.85. The Morgan fingerprint density at radius 2 is 2.29 bits per heavy atom. The van der Waals surface area contributed by atoms with Crippen LogP contribution in [0.4, 0.5) is 0 Å². The summed E-state index contributed by atoms with van der Waals surface area (Å²) in [5, 5.41) is 3.09. The van der Waals surface area contributed by atoms with Crippen LogP contribution < -0.4 is 10.1 Å². The van der Waals surface area contributed by atoms with E-state index in [1.54, 1.807) is 7.11 Å². The van der Waals surface area contributed by atoms with Crippen molar-refractivity contribution in [2.24, 2.45) is 0 Å². The van der Waals surface area contributed by atoms with Gasteiger partial charge >= 0.3 is 0 Å². The highest BCUT2D eigenvalue weighted by molar-refractivity contribution is 5.85. The number of methoxy groups -OCH3 is 1. The second-order valence-electron chi connectivity index (χ2n) is 5.97. The van der Waals surface area contributed by atoms with Crippen LogP contribution in [0, 0.1) is 0 Å². The van der Waals surface area contributed by atoms with E-state index in [4.69, 9.17) is 9.47 Å². The number of carbonyl (C=O) groups excluding carboxylic acids is 1. The molecule has 24 heavy (non-hydrogen) atoms. The molecule has 0 aromatic heterocycles. The maximum atomic E-state index is 12.6. The van der Waals surface area contributed by atoms with Crippen molar-refractivity contribution in [3.63, 3.8) is 0 Å². The van der Waals surface area contributed by atoms with Gasteiger partial charge in [0.25, 0.3) is 0 Å². The first kappa shape index (κ1) is 20.7. The predicted molar refractivity (Wildman–Crippen MR) is 97.8 cm³/mol. The molecule has 1 aromatic rings. The number of benzene rings is 1. The van der Waals surface area contributed by atoms with Crippen LogP contribution in [0.2, 0.25) is 0 Å². The van der Waals surface area contributed by atoms with Gasteiger partial charge in [0.15, 0.2) is 0 Å². The molecule has 1 saturated heterocycles. The molecule has 1 aromatic carbocycles. The quantitative estimate of drug-likeness (QED) is 0.691. The first-order chi connectivity index (χ1) is 11.2. The molecule has 2 rings (SSSR count). The van der Waals surface area contributed by atoms with E-state index in [0.29, 0.717) is 19.5 Å². The fourth-order valence-corrected chi connectivity index (χ4v) is 2.85. The number of halogens is 1. The molecule has 6 heteroatoms. The molecule has 0 spiro atoms. The SMILES string of the molecule is CNCCCC(=O)N(Cc1cccc(OC)c1)CC1CCCO1.Cl. The third kappa shape index (κ3) is 6.67. The van der Waals surface area contributed by atoms with E-state index in [1.807, 2.05) is 36.2 Å². The summed E-state index contributed by atoms with van der Waals surface area (Å²) in [7, 11) is 3.57. The Morgan fingerprint density at radius 3 is 2.96 bits per heavy atom. The number of rotatable bonds is 9. The van der Waals surface area contributed by atoms with Crippen molar-refractivity contribution in [3.05, 3.63) is 29.8 Å². The van der Waals surface area contributed by atoms with E-state index in [0.717, 1.165) is 43.7 Å². The summed E-state index contributed by atoms with van der Waals surface area (Å²) in [5.74, 6) is 1.01. The average Bonchev–Trinajstić information content (AvgIpc) is 3.07. The summed E-state index contributed by atoms with van der Waals surface area (Å²) in [4.78, 5) is 14.5. The standard InChI is InChI=1S/C18H28N2O3.ClH/c1-19-10-4-9-18(21)20(14-17-8-5-11-23-17)13-15-6-3-7-16(12-15)22-2;/h3,6-7,12,17,19H,4-5,8-11,13-14H2,1-2H3;1H. The Labute approximate surface area is 151 Å². The molecule has 1 amide bonds. The summed E-state index contributed by atoms with van der Waals surface area (Å²) in [6.45, 7) is 2.95. The largest absolute Gasteiger partial charge is 0.497 e. The minimum Gasteiger partial charge on any atom is -0.497 e. The van der Waals surface area contributed by atoms with Gasteiger partial charge < -0.3 is 19.7 Å². The van der Waals surface area contributed by atoms with Gasteiger partial charge in [-0.1, -0.05) is 12.1 Å². The van der Waals surface area contributed by atoms with Gasteiger partial charge in [-0.05, 0) is 50.6 Å². The fraction of sp³-hybridized carbons (Fsp3) is 0.611. The first-order valence-electron chi connectivity index (χ1n) is 8.40. The highest BCUT2D eigenvalue weighted by Crippen LogP contribution is 2.18. The van der Waals surface area contributed by atoms with Crippen molar-refractivity contribution >= 4 is 18.3 Å². The van der Waals surface area contributed by atoms with Gasteiger partial charge in [0.1, 0.15) is 5.75 Å². The second-order valence-corrected chi connectivity index (χ2v) is 5.97. The lowest BCUT2D eigenvalue weighted by molar-refractivity contribution is -0.133. The molecule has 0 aliphatic carbocycles. The summed E-state index contributed by atoms with van der Waals surface area (Å²) in [6.07, 6.45) is 3.73. The smallest absolute Gasteiger partial charge is 0.223 e. The third-order valence-corrected chi connectivity index (χ3v) is 4.13. The molecule has 0 radical (unpaired) electrons. The van der Waals surface area contributed by atoms with Gasteiger partial charge in [-0.15, -0.1) is 12.4 Å². The topological polar surface area (TPSA) is 50.8 Å². The predicted octanol–water partition coefficient (Wildman–Crippen LogP) is 2.62. The van der Waals surface area contributed by atoms with Gasteiger partial charge in [0.2, 0.25) is 5.91 Å². The van der Waals surface area contributed by atoms with Crippen LogP contribution in [0.3, 0.4) is 0 Å². The summed E-state index contributed by atoms with van der Waals surface area (Å²) in [5.41, 5.74) is 1.09. The summed E-state index contributed by atoms with van der Waals surface area (Å²) in [6, 6.07) is 7.90. The highest BCUT2D eigenvalue weighted by Gasteiger charge is 2.22. The number of amides is 1. The zero-order chi connectivity index (χ0) is 16.5. The van der Waals surface area contributed by atoms with E-state index < -0.39 is 0 Å². The molecule has 1 unspecified atom stereocenters. The van der Waals surface area contributed by atoms with Gasteiger partial charge in [-0.25, -0.2) is 0 Å². The Bertz CT molecular complexity index is 493. The number of hydrogen-bond acceptors (Lipinski definition) is 4. The molecule has 0 bridgehead atoms. The highest BCUT2D eigenvalue weighted by atomic mass is 35.5.